The lowest BCUT2D eigenvalue weighted by atomic mass is 10.0. The van der Waals surface area contributed by atoms with Crippen LogP contribution in [0.15, 0.2) is 42.5 Å². The Morgan fingerprint density at radius 2 is 1.89 bits per heavy atom. The van der Waals surface area contributed by atoms with Crippen LogP contribution >= 0.6 is 11.6 Å². The summed E-state index contributed by atoms with van der Waals surface area (Å²) in [6.45, 7) is 5.94. The number of carboxylic acids is 1. The van der Waals surface area contributed by atoms with Gasteiger partial charge in [-0.2, -0.15) is 10.4 Å². The fourth-order valence-electron chi connectivity index (χ4n) is 3.26. The molecule has 3 rings (SSSR count). The Morgan fingerprint density at radius 1 is 1.22 bits per heavy atom. The van der Waals surface area contributed by atoms with Gasteiger partial charge in [0.2, 0.25) is 0 Å². The Kier molecular flexibility index (Phi) is 5.02. The number of nitrogens with zero attached hydrogens (tertiary/aromatic N) is 3. The normalized spacial score (nSPS) is 11.8. The Balaban J connectivity index is 2.01. The number of hydrogen-bond acceptors (Lipinski definition) is 3. The first-order valence-electron chi connectivity index (χ1n) is 8.42. The molecule has 136 valence electrons. The molecule has 3 aromatic rings. The van der Waals surface area contributed by atoms with Crippen LogP contribution in [0.2, 0.25) is 5.02 Å². The molecule has 0 aliphatic carbocycles. The van der Waals surface area contributed by atoms with E-state index in [9.17, 15) is 4.79 Å². The molecule has 27 heavy (non-hydrogen) atoms. The summed E-state index contributed by atoms with van der Waals surface area (Å²) >= 11 is 6.19. The zero-order valence-electron chi connectivity index (χ0n) is 15.2. The summed E-state index contributed by atoms with van der Waals surface area (Å²) in [5, 5.41) is 23.2. The summed E-state index contributed by atoms with van der Waals surface area (Å²) in [5.41, 5.74) is 5.40. The molecular formula is C21H18ClN3O2. The van der Waals surface area contributed by atoms with E-state index in [0.29, 0.717) is 10.6 Å². The van der Waals surface area contributed by atoms with Crippen LogP contribution in [-0.2, 0) is 0 Å². The topological polar surface area (TPSA) is 78.9 Å². The highest BCUT2D eigenvalue weighted by Gasteiger charge is 2.19. The first kappa shape index (κ1) is 18.7. The van der Waals surface area contributed by atoms with E-state index in [1.807, 2.05) is 43.7 Å². The number of carbonyl (C=O) groups is 1. The second-order valence-electron chi connectivity index (χ2n) is 6.40. The van der Waals surface area contributed by atoms with E-state index in [2.05, 4.69) is 11.2 Å². The molecule has 0 radical (unpaired) electrons. The SMILES string of the molecule is Cc1nn(C(C)c2ccc(C(=O)O)cc2)c(C)c1-c1ccc(C#N)c(Cl)c1. The fourth-order valence-corrected chi connectivity index (χ4v) is 3.49. The lowest BCUT2D eigenvalue weighted by molar-refractivity contribution is 0.0697. The van der Waals surface area contributed by atoms with Gasteiger partial charge in [0.05, 0.1) is 27.9 Å². The number of carboxylic acid groups (broad SMARTS) is 1. The molecule has 1 aromatic heterocycles. The molecule has 0 saturated heterocycles. The van der Waals surface area contributed by atoms with E-state index in [1.165, 1.54) is 0 Å². The number of nitriles is 1. The minimum atomic E-state index is -0.944. The van der Waals surface area contributed by atoms with Gasteiger partial charge in [0.25, 0.3) is 0 Å². The van der Waals surface area contributed by atoms with E-state index in [0.717, 1.165) is 28.1 Å². The van der Waals surface area contributed by atoms with Crippen molar-refractivity contribution in [1.29, 1.82) is 5.26 Å². The van der Waals surface area contributed by atoms with Gasteiger partial charge in [-0.05, 0) is 56.2 Å². The van der Waals surface area contributed by atoms with Crippen molar-refractivity contribution in [3.05, 3.63) is 75.6 Å². The molecule has 6 heteroatoms. The maximum atomic E-state index is 11.0. The number of aromatic carboxylic acids is 1. The van der Waals surface area contributed by atoms with Gasteiger partial charge in [-0.15, -0.1) is 0 Å². The fraction of sp³-hybridized carbons (Fsp3) is 0.190. The van der Waals surface area contributed by atoms with Crippen molar-refractivity contribution >= 4 is 17.6 Å². The smallest absolute Gasteiger partial charge is 0.335 e. The third kappa shape index (κ3) is 3.44. The van der Waals surface area contributed by atoms with Gasteiger partial charge in [-0.3, -0.25) is 4.68 Å². The van der Waals surface area contributed by atoms with Crippen LogP contribution in [0.5, 0.6) is 0 Å². The van der Waals surface area contributed by atoms with Crippen molar-refractivity contribution in [3.63, 3.8) is 0 Å². The molecule has 2 aromatic carbocycles. The molecule has 0 bridgehead atoms. The first-order chi connectivity index (χ1) is 12.8. The van der Waals surface area contributed by atoms with Crippen molar-refractivity contribution in [3.8, 4) is 17.2 Å². The number of aromatic nitrogens is 2. The summed E-state index contributed by atoms with van der Waals surface area (Å²) in [5.74, 6) is -0.944. The maximum absolute atomic E-state index is 11.0. The molecule has 0 saturated carbocycles. The van der Waals surface area contributed by atoms with Crippen molar-refractivity contribution in [2.45, 2.75) is 26.8 Å². The highest BCUT2D eigenvalue weighted by molar-refractivity contribution is 6.32. The van der Waals surface area contributed by atoms with Crippen molar-refractivity contribution in [1.82, 2.24) is 9.78 Å². The Hall–Kier alpha value is -3.10. The number of hydrogen-bond donors (Lipinski definition) is 1. The van der Waals surface area contributed by atoms with Crippen LogP contribution in [0.25, 0.3) is 11.1 Å². The van der Waals surface area contributed by atoms with Crippen LogP contribution in [-0.4, -0.2) is 20.9 Å². The van der Waals surface area contributed by atoms with E-state index in [4.69, 9.17) is 22.0 Å². The van der Waals surface area contributed by atoms with Gasteiger partial charge in [-0.1, -0.05) is 29.8 Å². The molecule has 1 unspecified atom stereocenters. The highest BCUT2D eigenvalue weighted by atomic mass is 35.5. The third-order valence-corrected chi connectivity index (χ3v) is 5.02. The van der Waals surface area contributed by atoms with Gasteiger partial charge in [0, 0.05) is 11.3 Å². The van der Waals surface area contributed by atoms with E-state index in [1.54, 1.807) is 24.3 Å². The van der Waals surface area contributed by atoms with Crippen LogP contribution < -0.4 is 0 Å². The predicted molar refractivity (Wildman–Crippen MR) is 104 cm³/mol. The average Bonchev–Trinajstić information content (AvgIpc) is 2.95. The molecule has 5 nitrogen and oxygen atoms in total. The highest BCUT2D eigenvalue weighted by Crippen LogP contribution is 2.32. The van der Waals surface area contributed by atoms with Gasteiger partial charge in [0.15, 0.2) is 0 Å². The van der Waals surface area contributed by atoms with Gasteiger partial charge >= 0.3 is 5.97 Å². The quantitative estimate of drug-likeness (QED) is 0.691. The Bertz CT molecular complexity index is 1060. The molecular weight excluding hydrogens is 362 g/mol. The van der Waals surface area contributed by atoms with Gasteiger partial charge < -0.3 is 5.11 Å². The van der Waals surface area contributed by atoms with Gasteiger partial charge in [-0.25, -0.2) is 4.79 Å². The van der Waals surface area contributed by atoms with Crippen LogP contribution in [0, 0.1) is 25.2 Å². The predicted octanol–water partition coefficient (Wildman–Crippen LogP) is 5.00. The minimum absolute atomic E-state index is 0.0610. The Labute approximate surface area is 162 Å². The van der Waals surface area contributed by atoms with E-state index in [-0.39, 0.29) is 11.6 Å². The largest absolute Gasteiger partial charge is 0.478 e. The molecule has 0 fully saturated rings. The van der Waals surface area contributed by atoms with Crippen LogP contribution in [0.3, 0.4) is 0 Å². The first-order valence-corrected chi connectivity index (χ1v) is 8.80. The summed E-state index contributed by atoms with van der Waals surface area (Å²) in [4.78, 5) is 11.0. The molecule has 1 heterocycles. The third-order valence-electron chi connectivity index (χ3n) is 4.71. The lowest BCUT2D eigenvalue weighted by Crippen LogP contribution is -2.10. The number of aryl methyl sites for hydroxylation is 1. The summed E-state index contributed by atoms with van der Waals surface area (Å²) in [6, 6.07) is 14.2. The summed E-state index contributed by atoms with van der Waals surface area (Å²) in [7, 11) is 0. The second kappa shape index (κ2) is 7.26. The van der Waals surface area contributed by atoms with Gasteiger partial charge in [0.1, 0.15) is 6.07 Å². The number of halogens is 1. The number of rotatable bonds is 4. The number of benzene rings is 2. The summed E-state index contributed by atoms with van der Waals surface area (Å²) in [6.07, 6.45) is 0. The van der Waals surface area contributed by atoms with E-state index >= 15 is 0 Å². The molecule has 0 aliphatic rings. The molecule has 1 atom stereocenters. The van der Waals surface area contributed by atoms with E-state index < -0.39 is 5.97 Å². The van der Waals surface area contributed by atoms with Crippen molar-refractivity contribution < 1.29 is 9.90 Å². The zero-order valence-corrected chi connectivity index (χ0v) is 15.9. The molecule has 0 aliphatic heterocycles. The lowest BCUT2D eigenvalue weighted by Gasteiger charge is -2.15. The summed E-state index contributed by atoms with van der Waals surface area (Å²) < 4.78 is 1.92. The van der Waals surface area contributed by atoms with Crippen LogP contribution in [0.1, 0.15) is 45.8 Å². The standard InChI is InChI=1S/C21H18ClN3O2/c1-12-20(17-8-9-18(11-23)19(22)10-17)14(3)25(24-12)13(2)15-4-6-16(7-5-15)21(26)27/h4-10,13H,1-3H3,(H,26,27). The average molecular weight is 380 g/mol. The van der Waals surface area contributed by atoms with Crippen LogP contribution in [0.4, 0.5) is 0 Å². The molecule has 0 spiro atoms. The maximum Gasteiger partial charge on any atom is 0.335 e. The minimum Gasteiger partial charge on any atom is -0.478 e. The monoisotopic (exact) mass is 379 g/mol. The zero-order chi connectivity index (χ0) is 19.7. The molecule has 0 amide bonds. The Morgan fingerprint density at radius 3 is 2.44 bits per heavy atom. The van der Waals surface area contributed by atoms with Crippen molar-refractivity contribution in [2.24, 2.45) is 0 Å². The second-order valence-corrected chi connectivity index (χ2v) is 6.81. The molecule has 1 N–H and O–H groups in total. The van der Waals surface area contributed by atoms with Crippen molar-refractivity contribution in [2.75, 3.05) is 0 Å².